The Bertz CT molecular complexity index is 663. The number of hydrogen-bond acceptors (Lipinski definition) is 2. The van der Waals surface area contributed by atoms with Crippen LogP contribution in [-0.2, 0) is 10.4 Å². The van der Waals surface area contributed by atoms with Gasteiger partial charge in [0.25, 0.3) is 0 Å². The van der Waals surface area contributed by atoms with Gasteiger partial charge in [0, 0.05) is 5.56 Å². The van der Waals surface area contributed by atoms with Crippen LogP contribution in [0.1, 0.15) is 33.4 Å². The standard InChI is InChI=1S/C18H20O3/c1-11-10-12(2)14(4)16(13(11)3)18(21,17(19)20)15-8-6-5-7-9-15/h5-10,21H,1-4H3,(H,19,20)/t18-/m1/s1. The molecule has 0 aliphatic carbocycles. The van der Waals surface area contributed by atoms with Crippen LogP contribution in [0.4, 0.5) is 0 Å². The van der Waals surface area contributed by atoms with Gasteiger partial charge in [0.15, 0.2) is 0 Å². The third kappa shape index (κ3) is 2.34. The molecule has 0 aliphatic heterocycles. The van der Waals surface area contributed by atoms with E-state index in [1.54, 1.807) is 30.3 Å². The molecule has 1 atom stereocenters. The number of carboxylic acids is 1. The molecule has 0 aromatic heterocycles. The molecule has 0 heterocycles. The molecule has 0 saturated heterocycles. The lowest BCUT2D eigenvalue weighted by Gasteiger charge is -2.29. The summed E-state index contributed by atoms with van der Waals surface area (Å²) < 4.78 is 0. The summed E-state index contributed by atoms with van der Waals surface area (Å²) in [5, 5.41) is 20.8. The Kier molecular flexibility index (Phi) is 3.88. The normalized spacial score (nSPS) is 13.8. The first-order valence-corrected chi connectivity index (χ1v) is 6.89. The van der Waals surface area contributed by atoms with Gasteiger partial charge >= 0.3 is 5.97 Å². The minimum atomic E-state index is -2.04. The average Bonchev–Trinajstić information content (AvgIpc) is 2.46. The Morgan fingerprint density at radius 1 is 0.952 bits per heavy atom. The predicted octanol–water partition coefficient (Wildman–Crippen LogP) is 3.24. The maximum absolute atomic E-state index is 11.9. The van der Waals surface area contributed by atoms with Gasteiger partial charge in [0.05, 0.1) is 0 Å². The van der Waals surface area contributed by atoms with E-state index in [4.69, 9.17) is 0 Å². The molecule has 0 fully saturated rings. The lowest BCUT2D eigenvalue weighted by atomic mass is 9.79. The van der Waals surface area contributed by atoms with Crippen molar-refractivity contribution in [3.8, 4) is 0 Å². The number of hydrogen-bond donors (Lipinski definition) is 2. The van der Waals surface area contributed by atoms with Gasteiger partial charge < -0.3 is 10.2 Å². The Balaban J connectivity index is 2.86. The first-order chi connectivity index (χ1) is 9.80. The predicted molar refractivity (Wildman–Crippen MR) is 82.5 cm³/mol. The fourth-order valence-electron chi connectivity index (χ4n) is 2.81. The molecular weight excluding hydrogens is 264 g/mol. The van der Waals surface area contributed by atoms with Crippen LogP contribution in [0.25, 0.3) is 0 Å². The lowest BCUT2D eigenvalue weighted by molar-refractivity contribution is -0.155. The third-order valence-electron chi connectivity index (χ3n) is 4.23. The summed E-state index contributed by atoms with van der Waals surface area (Å²) in [6.07, 6.45) is 0. The van der Waals surface area contributed by atoms with Gasteiger partial charge in [-0.25, -0.2) is 4.79 Å². The van der Waals surface area contributed by atoms with Gasteiger partial charge in [-0.3, -0.25) is 0 Å². The molecule has 0 amide bonds. The van der Waals surface area contributed by atoms with Crippen molar-refractivity contribution in [3.05, 3.63) is 69.8 Å². The molecule has 0 aliphatic rings. The van der Waals surface area contributed by atoms with E-state index in [2.05, 4.69) is 0 Å². The number of rotatable bonds is 3. The van der Waals surface area contributed by atoms with E-state index in [1.807, 2.05) is 33.8 Å². The number of carbonyl (C=O) groups is 1. The van der Waals surface area contributed by atoms with Crippen molar-refractivity contribution in [2.45, 2.75) is 33.3 Å². The van der Waals surface area contributed by atoms with Crippen molar-refractivity contribution in [2.75, 3.05) is 0 Å². The molecule has 0 spiro atoms. The second-order valence-corrected chi connectivity index (χ2v) is 5.52. The molecule has 0 unspecified atom stereocenters. The van der Waals surface area contributed by atoms with E-state index >= 15 is 0 Å². The van der Waals surface area contributed by atoms with E-state index in [0.717, 1.165) is 22.3 Å². The Morgan fingerprint density at radius 2 is 1.43 bits per heavy atom. The third-order valence-corrected chi connectivity index (χ3v) is 4.23. The zero-order chi connectivity index (χ0) is 15.8. The fourth-order valence-corrected chi connectivity index (χ4v) is 2.81. The summed E-state index contributed by atoms with van der Waals surface area (Å²) in [7, 11) is 0. The SMILES string of the molecule is Cc1cc(C)c(C)c([C@@](O)(C(=O)O)c2ccccc2)c1C. The van der Waals surface area contributed by atoms with Crippen molar-refractivity contribution in [1.82, 2.24) is 0 Å². The maximum atomic E-state index is 11.9. The molecule has 0 saturated carbocycles. The Morgan fingerprint density at radius 3 is 1.86 bits per heavy atom. The second kappa shape index (κ2) is 5.34. The zero-order valence-corrected chi connectivity index (χ0v) is 12.8. The number of aliphatic carboxylic acids is 1. The van der Waals surface area contributed by atoms with E-state index in [-0.39, 0.29) is 0 Å². The number of carboxylic acid groups (broad SMARTS) is 1. The van der Waals surface area contributed by atoms with E-state index < -0.39 is 11.6 Å². The summed E-state index contributed by atoms with van der Waals surface area (Å²) >= 11 is 0. The van der Waals surface area contributed by atoms with Crippen molar-refractivity contribution >= 4 is 5.97 Å². The van der Waals surface area contributed by atoms with Crippen LogP contribution in [0.2, 0.25) is 0 Å². The van der Waals surface area contributed by atoms with Crippen LogP contribution in [0.15, 0.2) is 36.4 Å². The first kappa shape index (κ1) is 15.3. The fraction of sp³-hybridized carbons (Fsp3) is 0.278. The highest BCUT2D eigenvalue weighted by molar-refractivity contribution is 5.85. The lowest BCUT2D eigenvalue weighted by Crippen LogP contribution is -2.38. The molecule has 2 N–H and O–H groups in total. The van der Waals surface area contributed by atoms with Crippen LogP contribution in [0.5, 0.6) is 0 Å². The van der Waals surface area contributed by atoms with Gasteiger partial charge in [-0.1, -0.05) is 36.4 Å². The summed E-state index contributed by atoms with van der Waals surface area (Å²) in [6.45, 7) is 7.57. The van der Waals surface area contributed by atoms with Crippen molar-refractivity contribution in [3.63, 3.8) is 0 Å². The molecular formula is C18H20O3. The largest absolute Gasteiger partial charge is 0.479 e. The molecule has 3 nitrogen and oxygen atoms in total. The Hall–Kier alpha value is -2.13. The van der Waals surface area contributed by atoms with E-state index in [1.165, 1.54) is 0 Å². The van der Waals surface area contributed by atoms with Crippen LogP contribution < -0.4 is 0 Å². The number of aryl methyl sites for hydroxylation is 2. The highest BCUT2D eigenvalue weighted by Crippen LogP contribution is 2.36. The van der Waals surface area contributed by atoms with E-state index in [9.17, 15) is 15.0 Å². The zero-order valence-electron chi connectivity index (χ0n) is 12.8. The minimum absolute atomic E-state index is 0.369. The quantitative estimate of drug-likeness (QED) is 0.909. The minimum Gasteiger partial charge on any atom is -0.479 e. The molecule has 2 aromatic carbocycles. The number of aliphatic hydroxyl groups is 1. The molecule has 2 aromatic rings. The molecule has 0 bridgehead atoms. The van der Waals surface area contributed by atoms with Crippen LogP contribution in [-0.4, -0.2) is 16.2 Å². The van der Waals surface area contributed by atoms with Crippen molar-refractivity contribution < 1.29 is 15.0 Å². The van der Waals surface area contributed by atoms with Crippen LogP contribution in [0, 0.1) is 27.7 Å². The van der Waals surface area contributed by atoms with Crippen LogP contribution in [0.3, 0.4) is 0 Å². The van der Waals surface area contributed by atoms with Crippen molar-refractivity contribution in [1.29, 1.82) is 0 Å². The smallest absolute Gasteiger partial charge is 0.345 e. The first-order valence-electron chi connectivity index (χ1n) is 6.89. The Labute approximate surface area is 124 Å². The molecule has 3 heteroatoms. The molecule has 2 rings (SSSR count). The van der Waals surface area contributed by atoms with Crippen LogP contribution >= 0.6 is 0 Å². The monoisotopic (exact) mass is 284 g/mol. The second-order valence-electron chi connectivity index (χ2n) is 5.52. The molecule has 21 heavy (non-hydrogen) atoms. The highest BCUT2D eigenvalue weighted by atomic mass is 16.4. The molecule has 110 valence electrons. The summed E-state index contributed by atoms with van der Waals surface area (Å²) in [6, 6.07) is 10.6. The van der Waals surface area contributed by atoms with Gasteiger partial charge in [0.2, 0.25) is 5.60 Å². The van der Waals surface area contributed by atoms with Gasteiger partial charge in [0.1, 0.15) is 0 Å². The van der Waals surface area contributed by atoms with Gasteiger partial charge in [-0.2, -0.15) is 0 Å². The molecule has 0 radical (unpaired) electrons. The van der Waals surface area contributed by atoms with Gasteiger partial charge in [-0.15, -0.1) is 0 Å². The van der Waals surface area contributed by atoms with E-state index in [0.29, 0.717) is 11.1 Å². The van der Waals surface area contributed by atoms with Gasteiger partial charge in [-0.05, 0) is 55.5 Å². The average molecular weight is 284 g/mol. The number of benzene rings is 2. The summed E-state index contributed by atoms with van der Waals surface area (Å²) in [5.74, 6) is -1.26. The van der Waals surface area contributed by atoms with Crippen molar-refractivity contribution in [2.24, 2.45) is 0 Å². The summed E-state index contributed by atoms with van der Waals surface area (Å²) in [5.41, 5.74) is 2.38. The maximum Gasteiger partial charge on any atom is 0.345 e. The highest BCUT2D eigenvalue weighted by Gasteiger charge is 2.42. The topological polar surface area (TPSA) is 57.5 Å². The summed E-state index contributed by atoms with van der Waals surface area (Å²) in [4.78, 5) is 11.9.